The third-order valence-electron chi connectivity index (χ3n) is 7.14. The first-order valence-electron chi connectivity index (χ1n) is 12.6. The van der Waals surface area contributed by atoms with Gasteiger partial charge in [-0.3, -0.25) is 4.90 Å². The molecule has 0 bridgehead atoms. The van der Waals surface area contributed by atoms with E-state index in [1.807, 2.05) is 29.2 Å². The van der Waals surface area contributed by atoms with Gasteiger partial charge in [-0.2, -0.15) is 0 Å². The van der Waals surface area contributed by atoms with Crippen molar-refractivity contribution in [3.05, 3.63) is 111 Å². The van der Waals surface area contributed by atoms with Crippen molar-refractivity contribution in [2.24, 2.45) is 0 Å². The summed E-state index contributed by atoms with van der Waals surface area (Å²) in [5.41, 5.74) is 6.80. The number of carbonyl (C=O) groups is 1. The molecular weight excluding hydrogens is 494 g/mol. The summed E-state index contributed by atoms with van der Waals surface area (Å²) in [6.07, 6.45) is 1.52. The van der Waals surface area contributed by atoms with Gasteiger partial charge in [-0.15, -0.1) is 0 Å². The van der Waals surface area contributed by atoms with Crippen molar-refractivity contribution in [2.45, 2.75) is 32.1 Å². The standard InChI is InChI=1S/C31H27F4NO2/c32-24-9-11-26(28(33)16-24)27-3-1-2-22-15-23(31(37)38)8-10-25(22)30(27)21-6-4-19(5-7-21)14-20-17-36(18-20)13-12-29(34)35/h4-11,14-16,29H,1-3,12-13,17-18H2,(H,37,38). The normalized spacial score (nSPS) is 15.8. The van der Waals surface area contributed by atoms with Crippen LogP contribution < -0.4 is 0 Å². The van der Waals surface area contributed by atoms with Crippen LogP contribution in [0.2, 0.25) is 0 Å². The minimum absolute atomic E-state index is 0.122. The largest absolute Gasteiger partial charge is 0.478 e. The molecule has 0 spiro atoms. The highest BCUT2D eigenvalue weighted by Crippen LogP contribution is 2.41. The molecule has 1 aliphatic carbocycles. The van der Waals surface area contributed by atoms with E-state index in [-0.39, 0.29) is 12.0 Å². The smallest absolute Gasteiger partial charge is 0.335 e. The molecule has 3 aromatic carbocycles. The predicted octanol–water partition coefficient (Wildman–Crippen LogP) is 7.31. The lowest BCUT2D eigenvalue weighted by Gasteiger charge is -2.34. The maximum Gasteiger partial charge on any atom is 0.335 e. The lowest BCUT2D eigenvalue weighted by atomic mass is 9.86. The second kappa shape index (κ2) is 11.0. The quantitative estimate of drug-likeness (QED) is 0.332. The zero-order valence-corrected chi connectivity index (χ0v) is 20.7. The minimum atomic E-state index is -2.29. The third kappa shape index (κ3) is 5.58. The molecule has 196 valence electrons. The summed E-state index contributed by atoms with van der Waals surface area (Å²) in [4.78, 5) is 13.6. The Morgan fingerprint density at radius 3 is 2.37 bits per heavy atom. The van der Waals surface area contributed by atoms with Crippen LogP contribution in [0.3, 0.4) is 0 Å². The van der Waals surface area contributed by atoms with Gasteiger partial charge in [0.1, 0.15) is 11.6 Å². The average Bonchev–Trinajstić information content (AvgIpc) is 3.04. The summed E-state index contributed by atoms with van der Waals surface area (Å²) in [5.74, 6) is -2.28. The number of alkyl halides is 2. The first-order valence-corrected chi connectivity index (χ1v) is 12.6. The molecule has 0 atom stereocenters. The number of carboxylic acid groups (broad SMARTS) is 1. The summed E-state index contributed by atoms with van der Waals surface area (Å²) in [6, 6.07) is 16.5. The van der Waals surface area contributed by atoms with E-state index < -0.39 is 24.0 Å². The molecule has 2 aliphatic rings. The average molecular weight is 522 g/mol. The maximum atomic E-state index is 15.0. The van der Waals surface area contributed by atoms with Gasteiger partial charge in [-0.25, -0.2) is 22.4 Å². The minimum Gasteiger partial charge on any atom is -0.478 e. The molecule has 3 nitrogen and oxygen atoms in total. The second-order valence-corrected chi connectivity index (χ2v) is 9.82. The fraction of sp³-hybridized carbons (Fsp3) is 0.258. The van der Waals surface area contributed by atoms with Crippen molar-refractivity contribution in [3.63, 3.8) is 0 Å². The zero-order chi connectivity index (χ0) is 26.8. The van der Waals surface area contributed by atoms with E-state index in [2.05, 4.69) is 6.08 Å². The van der Waals surface area contributed by atoms with Crippen LogP contribution >= 0.6 is 0 Å². The summed E-state index contributed by atoms with van der Waals surface area (Å²) < 4.78 is 53.5. The van der Waals surface area contributed by atoms with Crippen molar-refractivity contribution in [1.29, 1.82) is 0 Å². The molecule has 1 N–H and O–H groups in total. The van der Waals surface area contributed by atoms with Crippen LogP contribution in [0, 0.1) is 11.6 Å². The van der Waals surface area contributed by atoms with E-state index in [0.717, 1.165) is 39.5 Å². The highest BCUT2D eigenvalue weighted by Gasteiger charge is 2.24. The van der Waals surface area contributed by atoms with Gasteiger partial charge >= 0.3 is 5.97 Å². The van der Waals surface area contributed by atoms with Gasteiger partial charge in [0.25, 0.3) is 0 Å². The van der Waals surface area contributed by atoms with Gasteiger partial charge in [0.15, 0.2) is 0 Å². The Morgan fingerprint density at radius 1 is 0.947 bits per heavy atom. The highest BCUT2D eigenvalue weighted by atomic mass is 19.3. The lowest BCUT2D eigenvalue weighted by molar-refractivity contribution is 0.0696. The number of allylic oxidation sites excluding steroid dienone is 1. The Bertz CT molecular complexity index is 1420. The van der Waals surface area contributed by atoms with Crippen LogP contribution in [0.5, 0.6) is 0 Å². The van der Waals surface area contributed by atoms with E-state index in [1.54, 1.807) is 18.2 Å². The summed E-state index contributed by atoms with van der Waals surface area (Å²) in [7, 11) is 0. The highest BCUT2D eigenvalue weighted by molar-refractivity contribution is 6.00. The van der Waals surface area contributed by atoms with E-state index >= 15 is 0 Å². The monoisotopic (exact) mass is 521 g/mol. The molecule has 5 rings (SSSR count). The Labute approximate surface area is 218 Å². The van der Waals surface area contributed by atoms with Crippen molar-refractivity contribution in [1.82, 2.24) is 4.90 Å². The topological polar surface area (TPSA) is 40.5 Å². The van der Waals surface area contributed by atoms with E-state index in [9.17, 15) is 27.5 Å². The summed E-state index contributed by atoms with van der Waals surface area (Å²) in [5, 5.41) is 9.49. The third-order valence-corrected chi connectivity index (χ3v) is 7.14. The summed E-state index contributed by atoms with van der Waals surface area (Å²) in [6.45, 7) is 1.73. The van der Waals surface area contributed by atoms with Gasteiger partial charge in [0.05, 0.1) is 5.56 Å². The molecule has 0 radical (unpaired) electrons. The van der Waals surface area contributed by atoms with Gasteiger partial charge in [-0.1, -0.05) is 36.4 Å². The molecule has 1 aliphatic heterocycles. The molecule has 0 saturated carbocycles. The Balaban J connectivity index is 1.52. The summed E-state index contributed by atoms with van der Waals surface area (Å²) >= 11 is 0. The molecule has 7 heteroatoms. The number of aromatic carboxylic acids is 1. The Morgan fingerprint density at radius 2 is 1.68 bits per heavy atom. The predicted molar refractivity (Wildman–Crippen MR) is 140 cm³/mol. The van der Waals surface area contributed by atoms with E-state index in [1.165, 1.54) is 17.7 Å². The molecular formula is C31H27F4NO2. The number of benzene rings is 3. The molecule has 1 saturated heterocycles. The molecule has 0 aromatic heterocycles. The fourth-order valence-corrected chi connectivity index (χ4v) is 5.29. The molecule has 38 heavy (non-hydrogen) atoms. The second-order valence-electron chi connectivity index (χ2n) is 9.82. The first kappa shape index (κ1) is 25.9. The Hall–Kier alpha value is -3.71. The van der Waals surface area contributed by atoms with Crippen LogP contribution in [0.25, 0.3) is 17.2 Å². The molecule has 1 heterocycles. The van der Waals surface area contributed by atoms with E-state index in [4.69, 9.17) is 0 Å². The number of rotatable bonds is 7. The van der Waals surface area contributed by atoms with E-state index in [0.29, 0.717) is 44.5 Å². The van der Waals surface area contributed by atoms with Gasteiger partial charge < -0.3 is 5.11 Å². The number of fused-ring (bicyclic) bond motifs is 1. The molecule has 0 unspecified atom stereocenters. The molecule has 0 amide bonds. The number of carboxylic acids is 1. The SMILES string of the molecule is O=C(O)c1ccc2c(c1)CCCC(c1ccc(F)cc1F)=C2c1ccc(C=C2CN(CCC(F)F)C2)cc1. The number of aryl methyl sites for hydroxylation is 1. The van der Waals surface area contributed by atoms with Crippen molar-refractivity contribution in [3.8, 4) is 0 Å². The fourth-order valence-electron chi connectivity index (χ4n) is 5.29. The van der Waals surface area contributed by atoms with Crippen molar-refractivity contribution >= 4 is 23.2 Å². The first-order chi connectivity index (χ1) is 18.3. The van der Waals surface area contributed by atoms with Crippen LogP contribution in [-0.2, 0) is 6.42 Å². The maximum absolute atomic E-state index is 15.0. The van der Waals surface area contributed by atoms with Crippen LogP contribution in [0.1, 0.15) is 57.4 Å². The number of halogens is 4. The van der Waals surface area contributed by atoms with Gasteiger partial charge in [-0.05, 0) is 82.5 Å². The van der Waals surface area contributed by atoms with Crippen molar-refractivity contribution in [2.75, 3.05) is 19.6 Å². The zero-order valence-electron chi connectivity index (χ0n) is 20.7. The lowest BCUT2D eigenvalue weighted by Crippen LogP contribution is -2.40. The molecule has 1 fully saturated rings. The van der Waals surface area contributed by atoms with Crippen molar-refractivity contribution < 1.29 is 27.5 Å². The van der Waals surface area contributed by atoms with Crippen LogP contribution in [0.4, 0.5) is 17.6 Å². The number of hydrogen-bond acceptors (Lipinski definition) is 2. The molecule has 3 aromatic rings. The van der Waals surface area contributed by atoms with Crippen LogP contribution in [0.15, 0.2) is 66.2 Å². The van der Waals surface area contributed by atoms with Gasteiger partial charge in [0.2, 0.25) is 6.43 Å². The number of likely N-dealkylation sites (tertiary alicyclic amines) is 1. The Kier molecular flexibility index (Phi) is 7.47. The number of hydrogen-bond donors (Lipinski definition) is 1. The number of nitrogens with zero attached hydrogens (tertiary/aromatic N) is 1. The van der Waals surface area contributed by atoms with Gasteiger partial charge in [0, 0.05) is 37.7 Å². The van der Waals surface area contributed by atoms with Crippen LogP contribution in [-0.4, -0.2) is 42.0 Å².